The van der Waals surface area contributed by atoms with Gasteiger partial charge in [-0.15, -0.1) is 11.3 Å². The average molecular weight is 484 g/mol. The van der Waals surface area contributed by atoms with Gasteiger partial charge in [-0.2, -0.15) is 9.57 Å². The molecule has 0 spiro atoms. The van der Waals surface area contributed by atoms with E-state index in [2.05, 4.69) is 5.32 Å². The number of nitrogens with one attached hydrogen (secondary N) is 1. The molecule has 6 nitrogen and oxygen atoms in total. The normalized spacial score (nSPS) is 16.1. The van der Waals surface area contributed by atoms with Crippen molar-refractivity contribution in [1.82, 2.24) is 9.62 Å². The summed E-state index contributed by atoms with van der Waals surface area (Å²) in [6.07, 6.45) is 0.751. The van der Waals surface area contributed by atoms with Crippen LogP contribution in [0.2, 0.25) is 0 Å². The quantitative estimate of drug-likeness (QED) is 0.572. The molecule has 1 amide bonds. The highest BCUT2D eigenvalue weighted by Crippen LogP contribution is 2.29. The maximum absolute atomic E-state index is 13.4. The van der Waals surface area contributed by atoms with Crippen molar-refractivity contribution in [3.63, 3.8) is 0 Å². The lowest BCUT2D eigenvalue weighted by Gasteiger charge is -2.31. The second kappa shape index (κ2) is 9.83. The van der Waals surface area contributed by atoms with Gasteiger partial charge in [0.05, 0.1) is 16.5 Å². The summed E-state index contributed by atoms with van der Waals surface area (Å²) in [6.45, 7) is 0.390. The first-order valence-corrected chi connectivity index (χ1v) is 12.8. The fraction of sp³-hybridized carbons (Fsp3) is 0.250. The van der Waals surface area contributed by atoms with Crippen LogP contribution in [0.15, 0.2) is 70.9 Å². The summed E-state index contributed by atoms with van der Waals surface area (Å²) in [5.41, 5.74) is 0.885. The number of thiophene rings is 1. The third kappa shape index (κ3) is 4.98. The smallest absolute Gasteiger partial charge is 0.244 e. The van der Waals surface area contributed by atoms with E-state index in [4.69, 9.17) is 0 Å². The highest BCUT2D eigenvalue weighted by molar-refractivity contribution is 7.89. The van der Waals surface area contributed by atoms with Crippen molar-refractivity contribution >= 4 is 27.3 Å². The van der Waals surface area contributed by atoms with Crippen LogP contribution in [-0.2, 0) is 14.8 Å². The molecule has 3 aromatic rings. The molecule has 1 aromatic heterocycles. The van der Waals surface area contributed by atoms with Gasteiger partial charge in [-0.3, -0.25) is 4.79 Å². The predicted octanol–water partition coefficient (Wildman–Crippen LogP) is 4.07. The summed E-state index contributed by atoms with van der Waals surface area (Å²) in [4.78, 5) is 14.0. The Morgan fingerprint density at radius 3 is 2.42 bits per heavy atom. The van der Waals surface area contributed by atoms with E-state index in [-0.39, 0.29) is 41.2 Å². The third-order valence-electron chi connectivity index (χ3n) is 5.77. The molecule has 1 fully saturated rings. The van der Waals surface area contributed by atoms with Crippen LogP contribution in [0.1, 0.15) is 34.9 Å². The summed E-state index contributed by atoms with van der Waals surface area (Å²) in [7, 11) is -3.81. The van der Waals surface area contributed by atoms with Crippen molar-refractivity contribution in [2.45, 2.75) is 23.8 Å². The molecule has 4 rings (SSSR count). The molecule has 33 heavy (non-hydrogen) atoms. The van der Waals surface area contributed by atoms with E-state index < -0.39 is 16.1 Å². The minimum absolute atomic E-state index is 0.00975. The molecule has 0 radical (unpaired) electrons. The van der Waals surface area contributed by atoms with Crippen LogP contribution in [0.4, 0.5) is 4.39 Å². The molecule has 170 valence electrons. The minimum Gasteiger partial charge on any atom is -0.344 e. The Bertz CT molecular complexity index is 1260. The molecule has 1 saturated heterocycles. The Balaban J connectivity index is 1.45. The second-order valence-corrected chi connectivity index (χ2v) is 10.7. The number of carbonyl (C=O) groups excluding carboxylic acids is 1. The summed E-state index contributed by atoms with van der Waals surface area (Å²) in [5.74, 6) is -0.848. The van der Waals surface area contributed by atoms with E-state index in [1.54, 1.807) is 24.3 Å². The zero-order chi connectivity index (χ0) is 23.4. The number of piperidine rings is 1. The summed E-state index contributed by atoms with van der Waals surface area (Å²) >= 11 is 1.50. The molecule has 9 heteroatoms. The van der Waals surface area contributed by atoms with Gasteiger partial charge in [0.1, 0.15) is 11.9 Å². The molecule has 1 atom stereocenters. The standard InChI is InChI=1S/C24H22FN3O3S2/c25-20-9-7-17(8-10-20)23(21-5-3-15-32-21)27-24(29)18-11-13-28(14-12-18)33(30,31)22-6-2-1-4-19(22)16-26/h1-10,15,18,23H,11-14H2,(H,27,29). The van der Waals surface area contributed by atoms with E-state index in [0.717, 1.165) is 10.4 Å². The first-order chi connectivity index (χ1) is 15.9. The van der Waals surface area contributed by atoms with Crippen LogP contribution in [0, 0.1) is 23.1 Å². The van der Waals surface area contributed by atoms with Gasteiger partial charge in [0.15, 0.2) is 0 Å². The average Bonchev–Trinajstić information content (AvgIpc) is 3.38. The van der Waals surface area contributed by atoms with Crippen LogP contribution in [0.3, 0.4) is 0 Å². The van der Waals surface area contributed by atoms with Crippen molar-refractivity contribution < 1.29 is 17.6 Å². The lowest BCUT2D eigenvalue weighted by molar-refractivity contribution is -0.126. The van der Waals surface area contributed by atoms with Crippen LogP contribution < -0.4 is 5.32 Å². The SMILES string of the molecule is N#Cc1ccccc1S(=O)(=O)N1CCC(C(=O)NC(c2ccc(F)cc2)c2cccs2)CC1. The Morgan fingerprint density at radius 2 is 1.79 bits per heavy atom. The van der Waals surface area contributed by atoms with Gasteiger partial charge in [0.25, 0.3) is 0 Å². The van der Waals surface area contributed by atoms with Crippen molar-refractivity contribution in [1.29, 1.82) is 5.26 Å². The Kier molecular flexibility index (Phi) is 6.88. The number of rotatable bonds is 6. The van der Waals surface area contributed by atoms with Crippen molar-refractivity contribution in [3.05, 3.63) is 87.9 Å². The van der Waals surface area contributed by atoms with E-state index >= 15 is 0 Å². The molecule has 0 aliphatic carbocycles. The van der Waals surface area contributed by atoms with E-state index in [0.29, 0.717) is 12.8 Å². The molecule has 2 aromatic carbocycles. The first kappa shape index (κ1) is 23.1. The van der Waals surface area contributed by atoms with Gasteiger partial charge in [-0.1, -0.05) is 30.3 Å². The fourth-order valence-corrected chi connectivity index (χ4v) is 6.39. The number of amides is 1. The molecule has 0 saturated carbocycles. The first-order valence-electron chi connectivity index (χ1n) is 10.5. The van der Waals surface area contributed by atoms with Crippen LogP contribution >= 0.6 is 11.3 Å². The summed E-state index contributed by atoms with van der Waals surface area (Å²) in [6, 6.07) is 17.5. The maximum Gasteiger partial charge on any atom is 0.244 e. The van der Waals surface area contributed by atoms with Crippen LogP contribution in [0.25, 0.3) is 0 Å². The number of sulfonamides is 1. The highest BCUT2D eigenvalue weighted by Gasteiger charge is 2.34. The zero-order valence-electron chi connectivity index (χ0n) is 17.6. The lowest BCUT2D eigenvalue weighted by Crippen LogP contribution is -2.43. The number of nitrogens with zero attached hydrogens (tertiary/aromatic N) is 2. The fourth-order valence-electron chi connectivity index (χ4n) is 3.97. The Labute approximate surface area is 196 Å². The maximum atomic E-state index is 13.4. The van der Waals surface area contributed by atoms with E-state index in [1.807, 2.05) is 23.6 Å². The third-order valence-corrected chi connectivity index (χ3v) is 8.66. The molecule has 1 aliphatic heterocycles. The van der Waals surface area contributed by atoms with Gasteiger partial charge in [0, 0.05) is 23.9 Å². The summed E-state index contributed by atoms with van der Waals surface area (Å²) in [5, 5.41) is 14.2. The second-order valence-electron chi connectivity index (χ2n) is 7.79. The summed E-state index contributed by atoms with van der Waals surface area (Å²) < 4.78 is 40.8. The molecule has 2 heterocycles. The molecule has 1 unspecified atom stereocenters. The number of benzene rings is 2. The molecule has 0 bridgehead atoms. The lowest BCUT2D eigenvalue weighted by atomic mass is 9.96. The highest BCUT2D eigenvalue weighted by atomic mass is 32.2. The number of nitriles is 1. The van der Waals surface area contributed by atoms with Gasteiger partial charge < -0.3 is 5.32 Å². The van der Waals surface area contributed by atoms with E-state index in [1.165, 1.54) is 39.9 Å². The zero-order valence-corrected chi connectivity index (χ0v) is 19.3. The van der Waals surface area contributed by atoms with Crippen LogP contribution in [0.5, 0.6) is 0 Å². The van der Waals surface area contributed by atoms with Gasteiger partial charge in [0.2, 0.25) is 15.9 Å². The topological polar surface area (TPSA) is 90.3 Å². The molecule has 1 N–H and O–H groups in total. The number of halogens is 1. The van der Waals surface area contributed by atoms with Gasteiger partial charge >= 0.3 is 0 Å². The van der Waals surface area contributed by atoms with Gasteiger partial charge in [-0.25, -0.2) is 12.8 Å². The van der Waals surface area contributed by atoms with Crippen molar-refractivity contribution in [2.24, 2.45) is 5.92 Å². The van der Waals surface area contributed by atoms with Crippen molar-refractivity contribution in [3.8, 4) is 6.07 Å². The Morgan fingerprint density at radius 1 is 1.09 bits per heavy atom. The number of hydrogen-bond donors (Lipinski definition) is 1. The van der Waals surface area contributed by atoms with Gasteiger partial charge in [-0.05, 0) is 54.1 Å². The predicted molar refractivity (Wildman–Crippen MR) is 123 cm³/mol. The minimum atomic E-state index is -3.81. The largest absolute Gasteiger partial charge is 0.344 e. The molecular formula is C24H22FN3O3S2. The van der Waals surface area contributed by atoms with Crippen LogP contribution in [-0.4, -0.2) is 31.7 Å². The Hall–Kier alpha value is -3.06. The number of hydrogen-bond acceptors (Lipinski definition) is 5. The monoisotopic (exact) mass is 483 g/mol. The van der Waals surface area contributed by atoms with Crippen molar-refractivity contribution in [2.75, 3.05) is 13.1 Å². The van der Waals surface area contributed by atoms with E-state index in [9.17, 15) is 22.9 Å². The number of carbonyl (C=O) groups is 1. The molecule has 1 aliphatic rings. The molecular weight excluding hydrogens is 461 g/mol.